The van der Waals surface area contributed by atoms with Crippen molar-refractivity contribution in [3.8, 4) is 0 Å². The van der Waals surface area contributed by atoms with Crippen molar-refractivity contribution in [1.82, 2.24) is 15.0 Å². The Hall–Kier alpha value is -2.90. The van der Waals surface area contributed by atoms with Gasteiger partial charge in [0.15, 0.2) is 0 Å². The van der Waals surface area contributed by atoms with Gasteiger partial charge in [0, 0.05) is 23.7 Å². The summed E-state index contributed by atoms with van der Waals surface area (Å²) < 4.78 is 38.2. The molecule has 0 spiro atoms. The number of rotatable bonds is 4. The molecule has 0 amide bonds. The molecule has 0 atom stereocenters. The fourth-order valence-electron chi connectivity index (χ4n) is 3.55. The maximum absolute atomic E-state index is 12.7. The number of fused-ring (bicyclic) bond motifs is 1. The summed E-state index contributed by atoms with van der Waals surface area (Å²) in [6.45, 7) is 0. The fraction of sp³-hybridized carbons (Fsp3) is 0.350. The van der Waals surface area contributed by atoms with Crippen molar-refractivity contribution in [2.75, 3.05) is 10.6 Å². The number of halogens is 3. The molecule has 1 aliphatic rings. The summed E-state index contributed by atoms with van der Waals surface area (Å²) in [5, 5.41) is 7.72. The van der Waals surface area contributed by atoms with E-state index in [1.54, 1.807) is 0 Å². The smallest absolute Gasteiger partial charge is 0.381 e. The molecule has 28 heavy (non-hydrogen) atoms. The van der Waals surface area contributed by atoms with Crippen LogP contribution in [0.5, 0.6) is 0 Å². The van der Waals surface area contributed by atoms with Crippen molar-refractivity contribution in [1.29, 1.82) is 0 Å². The van der Waals surface area contributed by atoms with Crippen LogP contribution in [-0.2, 0) is 6.18 Å². The van der Waals surface area contributed by atoms with Gasteiger partial charge >= 0.3 is 6.18 Å². The van der Waals surface area contributed by atoms with Gasteiger partial charge in [-0.05, 0) is 43.9 Å². The van der Waals surface area contributed by atoms with Crippen LogP contribution in [0.3, 0.4) is 0 Å². The first-order valence-corrected chi connectivity index (χ1v) is 9.25. The minimum absolute atomic E-state index is 0.101. The fourth-order valence-corrected chi connectivity index (χ4v) is 3.55. The lowest BCUT2D eigenvalue weighted by Crippen LogP contribution is -2.32. The first-order chi connectivity index (χ1) is 13.5. The van der Waals surface area contributed by atoms with Crippen molar-refractivity contribution in [3.63, 3.8) is 0 Å². The number of benzene rings is 1. The average Bonchev–Trinajstić information content (AvgIpc) is 2.69. The number of hydrogen-bond acceptors (Lipinski definition) is 5. The minimum atomic E-state index is -4.53. The van der Waals surface area contributed by atoms with Crippen molar-refractivity contribution in [3.05, 3.63) is 54.6 Å². The minimum Gasteiger partial charge on any atom is -0.381 e. The molecule has 0 radical (unpaired) electrons. The lowest BCUT2D eigenvalue weighted by atomic mass is 9.91. The van der Waals surface area contributed by atoms with E-state index in [1.807, 2.05) is 30.5 Å². The van der Waals surface area contributed by atoms with Gasteiger partial charge in [0.25, 0.3) is 0 Å². The molecule has 1 saturated carbocycles. The van der Waals surface area contributed by atoms with Gasteiger partial charge in [-0.25, -0.2) is 9.97 Å². The number of aromatic nitrogens is 3. The first kappa shape index (κ1) is 18.5. The van der Waals surface area contributed by atoms with Gasteiger partial charge in [-0.15, -0.1) is 0 Å². The third kappa shape index (κ3) is 4.32. The second kappa shape index (κ2) is 7.61. The highest BCUT2D eigenvalue weighted by atomic mass is 19.4. The molecule has 1 aliphatic carbocycles. The van der Waals surface area contributed by atoms with Crippen molar-refractivity contribution in [2.45, 2.75) is 43.9 Å². The Morgan fingerprint density at radius 3 is 2.36 bits per heavy atom. The molecule has 2 N–H and O–H groups in total. The Morgan fingerprint density at radius 2 is 1.61 bits per heavy atom. The summed E-state index contributed by atoms with van der Waals surface area (Å²) in [7, 11) is 0. The molecule has 8 heteroatoms. The normalized spacial score (nSPS) is 20.1. The molecule has 3 aromatic rings. The average molecular weight is 387 g/mol. The number of para-hydroxylation sites is 1. The zero-order chi connectivity index (χ0) is 19.6. The number of anilines is 2. The van der Waals surface area contributed by atoms with E-state index >= 15 is 0 Å². The van der Waals surface area contributed by atoms with Crippen molar-refractivity contribution in [2.24, 2.45) is 0 Å². The Bertz CT molecular complexity index is 952. The molecule has 0 saturated heterocycles. The molecule has 1 aromatic carbocycles. The number of nitrogens with one attached hydrogen (secondary N) is 2. The highest BCUT2D eigenvalue weighted by Crippen LogP contribution is 2.28. The van der Waals surface area contributed by atoms with Crippen LogP contribution in [0.25, 0.3) is 10.9 Å². The molecular formula is C20H20F3N5. The van der Waals surface area contributed by atoms with Crippen LogP contribution in [-0.4, -0.2) is 27.0 Å². The van der Waals surface area contributed by atoms with Gasteiger partial charge in [0.05, 0.1) is 17.4 Å². The Morgan fingerprint density at radius 1 is 0.893 bits per heavy atom. The monoisotopic (exact) mass is 387 g/mol. The first-order valence-electron chi connectivity index (χ1n) is 9.25. The van der Waals surface area contributed by atoms with Crippen LogP contribution in [0.15, 0.2) is 48.8 Å². The Kier molecular flexibility index (Phi) is 5.02. The molecule has 2 heterocycles. The van der Waals surface area contributed by atoms with E-state index in [0.29, 0.717) is 6.04 Å². The summed E-state index contributed by atoms with van der Waals surface area (Å²) in [6.07, 6.45) is 1.98. The van der Waals surface area contributed by atoms with Gasteiger partial charge in [-0.3, -0.25) is 4.98 Å². The third-order valence-electron chi connectivity index (χ3n) is 4.95. The summed E-state index contributed by atoms with van der Waals surface area (Å²) in [4.78, 5) is 11.3. The SMILES string of the molecule is FC(F)(F)c1nccc(NC2CCC(Nc3cnc4ccccc4c3)CC2)n1. The Balaban J connectivity index is 1.33. The van der Waals surface area contributed by atoms with Gasteiger partial charge in [-0.2, -0.15) is 13.2 Å². The van der Waals surface area contributed by atoms with E-state index in [2.05, 4.69) is 31.7 Å². The van der Waals surface area contributed by atoms with Crippen molar-refractivity contribution >= 4 is 22.4 Å². The van der Waals surface area contributed by atoms with E-state index in [4.69, 9.17) is 0 Å². The van der Waals surface area contributed by atoms with Crippen LogP contribution < -0.4 is 10.6 Å². The molecule has 4 rings (SSSR count). The molecule has 0 bridgehead atoms. The van der Waals surface area contributed by atoms with E-state index < -0.39 is 12.0 Å². The van der Waals surface area contributed by atoms with Crippen LogP contribution in [0.1, 0.15) is 31.5 Å². The topological polar surface area (TPSA) is 62.7 Å². The number of nitrogens with zero attached hydrogens (tertiary/aromatic N) is 3. The van der Waals surface area contributed by atoms with Gasteiger partial charge in [0.2, 0.25) is 5.82 Å². The quantitative estimate of drug-likeness (QED) is 0.668. The summed E-state index contributed by atoms with van der Waals surface area (Å²) in [5.41, 5.74) is 1.95. The summed E-state index contributed by atoms with van der Waals surface area (Å²) in [5.74, 6) is -0.894. The van der Waals surface area contributed by atoms with E-state index in [9.17, 15) is 13.2 Å². The maximum Gasteiger partial charge on any atom is 0.451 e. The van der Waals surface area contributed by atoms with Crippen LogP contribution in [0.2, 0.25) is 0 Å². The lowest BCUT2D eigenvalue weighted by molar-refractivity contribution is -0.144. The largest absolute Gasteiger partial charge is 0.451 e. The van der Waals surface area contributed by atoms with Crippen molar-refractivity contribution < 1.29 is 13.2 Å². The third-order valence-corrected chi connectivity index (χ3v) is 4.95. The lowest BCUT2D eigenvalue weighted by Gasteiger charge is -2.30. The Labute approximate surface area is 160 Å². The predicted molar refractivity (Wildman–Crippen MR) is 102 cm³/mol. The molecule has 2 aromatic heterocycles. The van der Waals surface area contributed by atoms with Crippen LogP contribution in [0.4, 0.5) is 24.7 Å². The second-order valence-corrected chi connectivity index (χ2v) is 7.02. The van der Waals surface area contributed by atoms with E-state index in [-0.39, 0.29) is 11.9 Å². The molecule has 5 nitrogen and oxygen atoms in total. The maximum atomic E-state index is 12.7. The summed E-state index contributed by atoms with van der Waals surface area (Å²) >= 11 is 0. The zero-order valence-electron chi connectivity index (χ0n) is 15.1. The molecule has 0 aliphatic heterocycles. The van der Waals surface area contributed by atoms with Gasteiger partial charge in [0.1, 0.15) is 5.82 Å². The standard InChI is InChI=1S/C20H20F3N5/c21-20(22,23)19-24-10-9-18(28-19)27-15-7-5-14(6-8-15)26-16-11-13-3-1-2-4-17(13)25-12-16/h1-4,9-12,14-15,26H,5-8H2,(H,24,27,28). The van der Waals surface area contributed by atoms with E-state index in [1.165, 1.54) is 6.07 Å². The van der Waals surface area contributed by atoms with Crippen LogP contribution >= 0.6 is 0 Å². The number of hydrogen-bond donors (Lipinski definition) is 2. The summed E-state index contributed by atoms with van der Waals surface area (Å²) in [6, 6.07) is 11.9. The zero-order valence-corrected chi connectivity index (χ0v) is 15.1. The molecule has 0 unspecified atom stereocenters. The predicted octanol–water partition coefficient (Wildman–Crippen LogP) is 4.88. The van der Waals surface area contributed by atoms with Gasteiger partial charge in [-0.1, -0.05) is 18.2 Å². The highest BCUT2D eigenvalue weighted by Gasteiger charge is 2.34. The van der Waals surface area contributed by atoms with E-state index in [0.717, 1.165) is 48.5 Å². The number of pyridine rings is 1. The highest BCUT2D eigenvalue weighted by molar-refractivity contribution is 5.81. The molecule has 146 valence electrons. The van der Waals surface area contributed by atoms with Gasteiger partial charge < -0.3 is 10.6 Å². The van der Waals surface area contributed by atoms with Crippen LogP contribution in [0, 0.1) is 0 Å². The second-order valence-electron chi connectivity index (χ2n) is 7.02. The molecular weight excluding hydrogens is 367 g/mol. The molecule has 1 fully saturated rings. The number of alkyl halides is 3.